The van der Waals surface area contributed by atoms with E-state index in [2.05, 4.69) is 17.2 Å². The average Bonchev–Trinajstić information content (AvgIpc) is 2.91. The van der Waals surface area contributed by atoms with E-state index in [1.807, 2.05) is 13.1 Å². The first-order valence-electron chi connectivity index (χ1n) is 8.10. The third-order valence-electron chi connectivity index (χ3n) is 4.21. The lowest BCUT2D eigenvalue weighted by molar-refractivity contribution is -0.0499. The van der Waals surface area contributed by atoms with Gasteiger partial charge >= 0.3 is 0 Å². The van der Waals surface area contributed by atoms with Gasteiger partial charge in [-0.3, -0.25) is 0 Å². The van der Waals surface area contributed by atoms with Crippen molar-refractivity contribution >= 4 is 11.3 Å². The summed E-state index contributed by atoms with van der Waals surface area (Å²) in [5.74, 6) is 0.680. The molecule has 0 amide bonds. The van der Waals surface area contributed by atoms with Crippen LogP contribution in [0.25, 0.3) is 0 Å². The lowest BCUT2D eigenvalue weighted by atomic mass is 9.85. The predicted molar refractivity (Wildman–Crippen MR) is 86.6 cm³/mol. The van der Waals surface area contributed by atoms with Gasteiger partial charge in [0.05, 0.1) is 23.8 Å². The number of aryl methyl sites for hydroxylation is 1. The van der Waals surface area contributed by atoms with Crippen LogP contribution in [0.5, 0.6) is 0 Å². The summed E-state index contributed by atoms with van der Waals surface area (Å²) in [6.45, 7) is 6.02. The summed E-state index contributed by atoms with van der Waals surface area (Å²) >= 11 is 1.69. The van der Waals surface area contributed by atoms with Crippen LogP contribution in [-0.2, 0) is 11.3 Å². The van der Waals surface area contributed by atoms with Crippen molar-refractivity contribution in [3.63, 3.8) is 0 Å². The van der Waals surface area contributed by atoms with E-state index in [9.17, 15) is 5.11 Å². The maximum absolute atomic E-state index is 10.0. The normalized spacial score (nSPS) is 24.1. The summed E-state index contributed by atoms with van der Waals surface area (Å²) in [6, 6.07) is 0. The van der Waals surface area contributed by atoms with Gasteiger partial charge in [-0.2, -0.15) is 0 Å². The molecule has 0 radical (unpaired) electrons. The predicted octanol–water partition coefficient (Wildman–Crippen LogP) is 2.89. The molecule has 1 aromatic rings. The third kappa shape index (κ3) is 5.66. The zero-order valence-corrected chi connectivity index (χ0v) is 14.0. The molecule has 3 unspecified atom stereocenters. The Bertz CT molecular complexity index is 411. The van der Waals surface area contributed by atoms with Crippen LogP contribution in [0.1, 0.15) is 48.9 Å². The van der Waals surface area contributed by atoms with Gasteiger partial charge in [0.2, 0.25) is 0 Å². The fourth-order valence-corrected chi connectivity index (χ4v) is 3.77. The van der Waals surface area contributed by atoms with Crippen molar-refractivity contribution in [2.45, 2.75) is 64.7 Å². The van der Waals surface area contributed by atoms with Crippen LogP contribution in [0.4, 0.5) is 0 Å². The standard InChI is InChI=1S/C16H28N2O2S/c1-3-13-6-4-5-7-16(13)20-11-14(19)8-17-9-15-10-18-12(2)21-15/h10,13-14,16-17,19H,3-9,11H2,1-2H3. The number of hydrogen-bond acceptors (Lipinski definition) is 5. The van der Waals surface area contributed by atoms with E-state index in [0.717, 1.165) is 18.0 Å². The average molecular weight is 312 g/mol. The van der Waals surface area contributed by atoms with Crippen LogP contribution < -0.4 is 5.32 Å². The Morgan fingerprint density at radius 1 is 1.48 bits per heavy atom. The maximum Gasteiger partial charge on any atom is 0.0897 e. The highest BCUT2D eigenvalue weighted by atomic mass is 32.1. The van der Waals surface area contributed by atoms with E-state index in [1.54, 1.807) is 11.3 Å². The summed E-state index contributed by atoms with van der Waals surface area (Å²) in [5, 5.41) is 14.4. The quantitative estimate of drug-likeness (QED) is 0.775. The fraction of sp³-hybridized carbons (Fsp3) is 0.812. The van der Waals surface area contributed by atoms with Gasteiger partial charge in [0.1, 0.15) is 0 Å². The van der Waals surface area contributed by atoms with Crippen molar-refractivity contribution in [2.75, 3.05) is 13.2 Å². The van der Waals surface area contributed by atoms with Gasteiger partial charge in [-0.15, -0.1) is 11.3 Å². The number of hydrogen-bond donors (Lipinski definition) is 2. The van der Waals surface area contributed by atoms with Gasteiger partial charge in [-0.25, -0.2) is 4.98 Å². The van der Waals surface area contributed by atoms with Crippen molar-refractivity contribution in [1.82, 2.24) is 10.3 Å². The molecule has 4 nitrogen and oxygen atoms in total. The molecule has 2 N–H and O–H groups in total. The van der Waals surface area contributed by atoms with E-state index in [1.165, 1.54) is 30.6 Å². The largest absolute Gasteiger partial charge is 0.389 e. The summed E-state index contributed by atoms with van der Waals surface area (Å²) in [7, 11) is 0. The minimum atomic E-state index is -0.432. The number of nitrogens with one attached hydrogen (secondary N) is 1. The number of aliphatic hydroxyl groups is 1. The number of aromatic nitrogens is 1. The monoisotopic (exact) mass is 312 g/mol. The van der Waals surface area contributed by atoms with Gasteiger partial charge < -0.3 is 15.2 Å². The van der Waals surface area contributed by atoms with Crippen LogP contribution in [-0.4, -0.2) is 35.5 Å². The van der Waals surface area contributed by atoms with Gasteiger partial charge in [0, 0.05) is 24.2 Å². The number of rotatable bonds is 8. The highest BCUT2D eigenvalue weighted by Crippen LogP contribution is 2.29. The molecule has 0 aliphatic heterocycles. The first kappa shape index (κ1) is 16.9. The molecule has 5 heteroatoms. The Hall–Kier alpha value is -0.490. The van der Waals surface area contributed by atoms with Crippen molar-refractivity contribution in [1.29, 1.82) is 0 Å². The van der Waals surface area contributed by atoms with Gasteiger partial charge in [-0.05, 0) is 25.7 Å². The number of ether oxygens (including phenoxy) is 1. The van der Waals surface area contributed by atoms with E-state index in [4.69, 9.17) is 4.74 Å². The van der Waals surface area contributed by atoms with Crippen LogP contribution in [0.3, 0.4) is 0 Å². The highest BCUT2D eigenvalue weighted by molar-refractivity contribution is 7.11. The van der Waals surface area contributed by atoms with Crippen molar-refractivity contribution in [2.24, 2.45) is 5.92 Å². The Balaban J connectivity index is 1.61. The second kappa shape index (κ2) is 8.83. The number of nitrogens with zero attached hydrogens (tertiary/aromatic N) is 1. The molecule has 0 saturated heterocycles. The van der Waals surface area contributed by atoms with Crippen LogP contribution in [0, 0.1) is 12.8 Å². The van der Waals surface area contributed by atoms with E-state index in [-0.39, 0.29) is 0 Å². The van der Waals surface area contributed by atoms with Crippen molar-refractivity contribution < 1.29 is 9.84 Å². The van der Waals surface area contributed by atoms with Crippen molar-refractivity contribution in [3.05, 3.63) is 16.1 Å². The third-order valence-corrected chi connectivity index (χ3v) is 5.13. The molecular formula is C16H28N2O2S. The molecule has 0 aromatic carbocycles. The molecule has 2 rings (SSSR count). The number of thiazole rings is 1. The molecule has 1 heterocycles. The summed E-state index contributed by atoms with van der Waals surface area (Å²) in [5.41, 5.74) is 0. The van der Waals surface area contributed by atoms with Crippen molar-refractivity contribution in [3.8, 4) is 0 Å². The molecule has 1 aliphatic rings. The van der Waals surface area contributed by atoms with Gasteiger partial charge in [0.15, 0.2) is 0 Å². The molecule has 1 aliphatic carbocycles. The van der Waals surface area contributed by atoms with Gasteiger partial charge in [-0.1, -0.05) is 26.2 Å². The Kier molecular flexibility index (Phi) is 7.10. The first-order chi connectivity index (χ1) is 10.2. The molecule has 3 atom stereocenters. The highest BCUT2D eigenvalue weighted by Gasteiger charge is 2.24. The summed E-state index contributed by atoms with van der Waals surface area (Å²) in [6.07, 6.45) is 8.02. The molecule has 21 heavy (non-hydrogen) atoms. The van der Waals surface area contributed by atoms with E-state index in [0.29, 0.717) is 25.2 Å². The second-order valence-electron chi connectivity index (χ2n) is 5.95. The number of aliphatic hydroxyl groups excluding tert-OH is 1. The van der Waals surface area contributed by atoms with Gasteiger partial charge in [0.25, 0.3) is 0 Å². The molecule has 0 bridgehead atoms. The molecular weight excluding hydrogens is 284 g/mol. The summed E-state index contributed by atoms with van der Waals surface area (Å²) < 4.78 is 5.96. The lowest BCUT2D eigenvalue weighted by Crippen LogP contribution is -2.34. The fourth-order valence-electron chi connectivity index (χ4n) is 3.00. The Labute approximate surface area is 131 Å². The maximum atomic E-state index is 10.0. The molecule has 1 saturated carbocycles. The molecule has 1 aromatic heterocycles. The minimum absolute atomic E-state index is 0.350. The first-order valence-corrected chi connectivity index (χ1v) is 8.92. The van der Waals surface area contributed by atoms with Crippen LogP contribution in [0.2, 0.25) is 0 Å². The van der Waals surface area contributed by atoms with Crippen LogP contribution >= 0.6 is 11.3 Å². The Morgan fingerprint density at radius 3 is 3.00 bits per heavy atom. The Morgan fingerprint density at radius 2 is 2.29 bits per heavy atom. The minimum Gasteiger partial charge on any atom is -0.389 e. The molecule has 0 spiro atoms. The molecule has 120 valence electrons. The van der Waals surface area contributed by atoms with Crippen LogP contribution in [0.15, 0.2) is 6.20 Å². The summed E-state index contributed by atoms with van der Waals surface area (Å²) in [4.78, 5) is 5.43. The zero-order valence-electron chi connectivity index (χ0n) is 13.2. The second-order valence-corrected chi connectivity index (χ2v) is 7.27. The lowest BCUT2D eigenvalue weighted by Gasteiger charge is -2.31. The topological polar surface area (TPSA) is 54.4 Å². The van der Waals surface area contributed by atoms with E-state index >= 15 is 0 Å². The molecule has 1 fully saturated rings. The zero-order chi connectivity index (χ0) is 15.1. The van der Waals surface area contributed by atoms with E-state index < -0.39 is 6.10 Å². The SMILES string of the molecule is CCC1CCCCC1OCC(O)CNCc1cnc(C)s1. The smallest absolute Gasteiger partial charge is 0.0897 e.